The first kappa shape index (κ1) is 23.6. The Morgan fingerprint density at radius 3 is 1.69 bits per heavy atom. The molecular formula is C22H18ClNO6S2. The van der Waals surface area contributed by atoms with E-state index in [2.05, 4.69) is 0 Å². The molecule has 3 aromatic rings. The highest BCUT2D eigenvalue weighted by molar-refractivity contribution is 8.09. The largest absolute Gasteiger partial charge is 0.259 e. The summed E-state index contributed by atoms with van der Waals surface area (Å²) in [4.78, 5) is 10.5. The molecule has 0 atom stereocenters. The number of hydrogen-bond acceptors (Lipinski definition) is 6. The molecule has 0 aliphatic carbocycles. The lowest BCUT2D eigenvalue weighted by atomic mass is 10.2. The van der Waals surface area contributed by atoms with Gasteiger partial charge in [0.2, 0.25) is 5.70 Å². The van der Waals surface area contributed by atoms with Gasteiger partial charge in [0.25, 0.3) is 0 Å². The summed E-state index contributed by atoms with van der Waals surface area (Å²) in [5.41, 5.74) is -0.323. The second-order valence-corrected chi connectivity index (χ2v) is 11.7. The van der Waals surface area contributed by atoms with Crippen molar-refractivity contribution in [1.29, 1.82) is 0 Å². The molecule has 0 amide bonds. The molecule has 32 heavy (non-hydrogen) atoms. The SMILES string of the molecule is O=[N+]([O-])/C(=C/c1ccccc1Cl)CC(S(=O)(=O)c1ccccc1)S(=O)(=O)c1ccccc1. The average molecular weight is 492 g/mol. The molecule has 0 spiro atoms. The summed E-state index contributed by atoms with van der Waals surface area (Å²) in [6.07, 6.45) is 0.225. The van der Waals surface area contributed by atoms with E-state index < -0.39 is 41.3 Å². The number of halogens is 1. The van der Waals surface area contributed by atoms with Gasteiger partial charge in [0.05, 0.1) is 21.1 Å². The van der Waals surface area contributed by atoms with Crippen LogP contribution in [0.3, 0.4) is 0 Å². The van der Waals surface area contributed by atoms with E-state index in [1.807, 2.05) is 0 Å². The molecule has 7 nitrogen and oxygen atoms in total. The van der Waals surface area contributed by atoms with E-state index in [1.165, 1.54) is 60.7 Å². The van der Waals surface area contributed by atoms with Crippen LogP contribution >= 0.6 is 11.6 Å². The van der Waals surface area contributed by atoms with Gasteiger partial charge in [-0.2, -0.15) is 0 Å². The molecule has 0 unspecified atom stereocenters. The van der Waals surface area contributed by atoms with Crippen LogP contribution in [0.1, 0.15) is 12.0 Å². The number of rotatable bonds is 8. The zero-order valence-corrected chi connectivity index (χ0v) is 18.9. The highest BCUT2D eigenvalue weighted by atomic mass is 35.5. The number of allylic oxidation sites excluding steroid dienone is 1. The minimum absolute atomic E-state index is 0.209. The summed E-state index contributed by atoms with van der Waals surface area (Å²) in [7, 11) is -9.01. The quantitative estimate of drug-likeness (QED) is 0.335. The van der Waals surface area contributed by atoms with Crippen molar-refractivity contribution < 1.29 is 21.8 Å². The van der Waals surface area contributed by atoms with Gasteiger partial charge in [-0.3, -0.25) is 10.1 Å². The number of sulfone groups is 2. The zero-order valence-electron chi connectivity index (χ0n) is 16.5. The molecule has 0 N–H and O–H groups in total. The zero-order chi connectivity index (χ0) is 23.4. The first-order valence-corrected chi connectivity index (χ1v) is 12.8. The van der Waals surface area contributed by atoms with Gasteiger partial charge in [-0.05, 0) is 35.9 Å². The summed E-state index contributed by atoms with van der Waals surface area (Å²) in [6.45, 7) is 0. The molecule has 3 rings (SSSR count). The molecule has 0 saturated heterocycles. The van der Waals surface area contributed by atoms with Crippen LogP contribution in [0.4, 0.5) is 0 Å². The van der Waals surface area contributed by atoms with Gasteiger partial charge in [0, 0.05) is 11.1 Å². The Balaban J connectivity index is 2.18. The number of hydrogen-bond donors (Lipinski definition) is 0. The Morgan fingerprint density at radius 2 is 1.25 bits per heavy atom. The summed E-state index contributed by atoms with van der Waals surface area (Å²) in [5.74, 6) is 0. The Morgan fingerprint density at radius 1 is 0.812 bits per heavy atom. The topological polar surface area (TPSA) is 111 Å². The first-order valence-electron chi connectivity index (χ1n) is 9.31. The summed E-state index contributed by atoms with van der Waals surface area (Å²) in [6, 6.07) is 20.3. The van der Waals surface area contributed by atoms with Crippen LogP contribution in [-0.4, -0.2) is 26.3 Å². The fourth-order valence-electron chi connectivity index (χ4n) is 3.04. The van der Waals surface area contributed by atoms with Gasteiger partial charge >= 0.3 is 0 Å². The van der Waals surface area contributed by atoms with E-state index in [0.717, 1.165) is 6.08 Å². The third kappa shape index (κ3) is 5.07. The van der Waals surface area contributed by atoms with Crippen molar-refractivity contribution in [2.24, 2.45) is 0 Å². The molecule has 0 radical (unpaired) electrons. The Kier molecular flexibility index (Phi) is 7.12. The van der Waals surface area contributed by atoms with Crippen molar-refractivity contribution in [3.8, 4) is 0 Å². The molecule has 166 valence electrons. The lowest BCUT2D eigenvalue weighted by Crippen LogP contribution is -2.32. The highest BCUT2D eigenvalue weighted by Gasteiger charge is 2.42. The average Bonchev–Trinajstić information content (AvgIpc) is 2.78. The van der Waals surface area contributed by atoms with Crippen LogP contribution in [0.2, 0.25) is 5.02 Å². The second-order valence-electron chi connectivity index (χ2n) is 6.76. The molecule has 0 saturated carbocycles. The van der Waals surface area contributed by atoms with Gasteiger partial charge in [-0.1, -0.05) is 66.2 Å². The van der Waals surface area contributed by atoms with Crippen molar-refractivity contribution in [2.75, 3.05) is 0 Å². The number of nitrogens with zero attached hydrogens (tertiary/aromatic N) is 1. The lowest BCUT2D eigenvalue weighted by Gasteiger charge is -2.18. The van der Waals surface area contributed by atoms with Crippen molar-refractivity contribution in [1.82, 2.24) is 0 Å². The summed E-state index contributed by atoms with van der Waals surface area (Å²) in [5, 5.41) is 12.0. The molecule has 0 aromatic heterocycles. The van der Waals surface area contributed by atoms with E-state index in [4.69, 9.17) is 11.6 Å². The van der Waals surface area contributed by atoms with Crippen LogP contribution in [0.15, 0.2) is 100 Å². The smallest absolute Gasteiger partial charge is 0.249 e. The van der Waals surface area contributed by atoms with Gasteiger partial charge in [-0.25, -0.2) is 16.8 Å². The number of benzene rings is 3. The van der Waals surface area contributed by atoms with Gasteiger partial charge in [0.1, 0.15) is 0 Å². The summed E-state index contributed by atoms with van der Waals surface area (Å²) < 4.78 is 51.4. The normalized spacial score (nSPS) is 12.6. The van der Waals surface area contributed by atoms with Crippen LogP contribution < -0.4 is 0 Å². The standard InChI is InChI=1S/C22H18ClNO6S2/c23-21-14-8-7-9-17(21)15-18(24(25)26)16-22(31(27,28)19-10-3-1-4-11-19)32(29,30)20-12-5-2-6-13-20/h1-15,22H,16H2/b18-15+. The minimum Gasteiger partial charge on any atom is -0.259 e. The van der Waals surface area contributed by atoms with Crippen molar-refractivity contribution >= 4 is 37.4 Å². The maximum atomic E-state index is 13.4. The fraction of sp³-hybridized carbons (Fsp3) is 0.0909. The van der Waals surface area contributed by atoms with Crippen molar-refractivity contribution in [2.45, 2.75) is 20.8 Å². The van der Waals surface area contributed by atoms with Gasteiger partial charge in [0.15, 0.2) is 24.3 Å². The molecule has 0 bridgehead atoms. The molecule has 10 heteroatoms. The Hall–Kier alpha value is -3.01. The monoisotopic (exact) mass is 491 g/mol. The van der Waals surface area contributed by atoms with Crippen LogP contribution in [0, 0.1) is 10.1 Å². The third-order valence-corrected chi connectivity index (χ3v) is 10.1. The van der Waals surface area contributed by atoms with Crippen LogP contribution in [0.5, 0.6) is 0 Å². The predicted octanol–water partition coefficient (Wildman–Crippen LogP) is 4.62. The third-order valence-electron chi connectivity index (χ3n) is 4.67. The van der Waals surface area contributed by atoms with Gasteiger partial charge in [-0.15, -0.1) is 0 Å². The van der Waals surface area contributed by atoms with Gasteiger partial charge < -0.3 is 0 Å². The lowest BCUT2D eigenvalue weighted by molar-refractivity contribution is -0.425. The van der Waals surface area contributed by atoms with Crippen LogP contribution in [-0.2, 0) is 19.7 Å². The van der Waals surface area contributed by atoms with Crippen molar-refractivity contribution in [3.63, 3.8) is 0 Å². The Bertz CT molecular complexity index is 1290. The van der Waals surface area contributed by atoms with E-state index >= 15 is 0 Å². The highest BCUT2D eigenvalue weighted by Crippen LogP contribution is 2.31. The molecular weight excluding hydrogens is 474 g/mol. The molecule has 0 fully saturated rings. The first-order chi connectivity index (χ1) is 15.1. The second kappa shape index (κ2) is 9.64. The minimum atomic E-state index is -4.50. The van der Waals surface area contributed by atoms with E-state index in [9.17, 15) is 26.9 Å². The molecule has 0 aliphatic heterocycles. The van der Waals surface area contributed by atoms with Crippen molar-refractivity contribution in [3.05, 3.63) is 111 Å². The van der Waals surface area contributed by atoms with E-state index in [0.29, 0.717) is 0 Å². The Labute approximate surface area is 191 Å². The number of nitro groups is 1. The molecule has 0 aliphatic rings. The predicted molar refractivity (Wildman–Crippen MR) is 122 cm³/mol. The summed E-state index contributed by atoms with van der Waals surface area (Å²) >= 11 is 6.08. The van der Waals surface area contributed by atoms with E-state index in [1.54, 1.807) is 24.3 Å². The maximum Gasteiger partial charge on any atom is 0.249 e. The molecule has 0 heterocycles. The van der Waals surface area contributed by atoms with E-state index in [-0.39, 0.29) is 20.4 Å². The van der Waals surface area contributed by atoms with Crippen LogP contribution in [0.25, 0.3) is 6.08 Å². The molecule has 3 aromatic carbocycles. The maximum absolute atomic E-state index is 13.4. The fourth-order valence-corrected chi connectivity index (χ4v) is 7.69.